The van der Waals surface area contributed by atoms with Gasteiger partial charge in [0.2, 0.25) is 0 Å². The Morgan fingerprint density at radius 3 is 2.74 bits per heavy atom. The Hall–Kier alpha value is -1.14. The molecule has 1 atom stereocenters. The highest BCUT2D eigenvalue weighted by molar-refractivity contribution is 7.10. The van der Waals surface area contributed by atoms with E-state index < -0.39 is 11.9 Å². The third kappa shape index (κ3) is 3.91. The van der Waals surface area contributed by atoms with E-state index in [0.717, 1.165) is 17.8 Å². The number of nitrogens with zero attached hydrogens (tertiary/aromatic N) is 2. The van der Waals surface area contributed by atoms with Gasteiger partial charge in [0.25, 0.3) is 5.91 Å². The molecule has 1 heterocycles. The molecule has 0 aliphatic heterocycles. The first-order valence-electron chi connectivity index (χ1n) is 5.92. The first kappa shape index (κ1) is 15.9. The number of carbonyl (C=O) groups excluding carboxylic acids is 1. The average Bonchev–Trinajstić information content (AvgIpc) is 3.06. The van der Waals surface area contributed by atoms with Crippen molar-refractivity contribution in [3.05, 3.63) is 16.1 Å². The molecule has 1 aliphatic carbocycles. The van der Waals surface area contributed by atoms with Crippen molar-refractivity contribution < 1.29 is 14.7 Å². The lowest BCUT2D eigenvalue weighted by Crippen LogP contribution is -2.33. The number of hydrogen-bond acceptors (Lipinski definition) is 4. The van der Waals surface area contributed by atoms with E-state index in [-0.39, 0.29) is 24.9 Å². The predicted octanol–water partition coefficient (Wildman–Crippen LogP) is 2.23. The molecule has 0 saturated heterocycles. The molecule has 0 bridgehead atoms. The van der Waals surface area contributed by atoms with Gasteiger partial charge in [-0.1, -0.05) is 6.92 Å². The van der Waals surface area contributed by atoms with E-state index in [1.165, 1.54) is 16.2 Å². The zero-order valence-electron chi connectivity index (χ0n) is 10.8. The zero-order chi connectivity index (χ0) is 13.3. The molecule has 1 amide bonds. The zero-order valence-corrected chi connectivity index (χ0v) is 12.5. The van der Waals surface area contributed by atoms with Crippen LogP contribution >= 0.6 is 23.7 Å². The van der Waals surface area contributed by atoms with Gasteiger partial charge in [0.1, 0.15) is 5.69 Å². The van der Waals surface area contributed by atoms with Gasteiger partial charge in [-0.15, -0.1) is 23.7 Å². The minimum Gasteiger partial charge on any atom is -0.481 e. The molecule has 1 unspecified atom stereocenters. The number of aliphatic carboxylic acids is 1. The predicted molar refractivity (Wildman–Crippen MR) is 75.1 cm³/mol. The molecule has 1 fully saturated rings. The number of carbonyl (C=O) groups is 2. The summed E-state index contributed by atoms with van der Waals surface area (Å²) in [6, 6.07) is 0. The Balaban J connectivity index is 0.00000180. The van der Waals surface area contributed by atoms with Crippen molar-refractivity contribution in [2.45, 2.75) is 25.7 Å². The third-order valence-corrected chi connectivity index (χ3v) is 3.99. The van der Waals surface area contributed by atoms with Crippen LogP contribution in [0.5, 0.6) is 0 Å². The number of carboxylic acids is 1. The number of thiazole rings is 1. The van der Waals surface area contributed by atoms with Gasteiger partial charge in [-0.05, 0) is 12.8 Å². The van der Waals surface area contributed by atoms with Crippen LogP contribution in [0.1, 0.15) is 41.2 Å². The summed E-state index contributed by atoms with van der Waals surface area (Å²) in [5, 5.41) is 11.6. The van der Waals surface area contributed by atoms with E-state index in [0.29, 0.717) is 11.6 Å². The fourth-order valence-electron chi connectivity index (χ4n) is 1.67. The quantitative estimate of drug-likeness (QED) is 0.905. The van der Waals surface area contributed by atoms with Gasteiger partial charge in [-0.25, -0.2) is 4.98 Å². The van der Waals surface area contributed by atoms with Crippen LogP contribution in [0.25, 0.3) is 0 Å². The molecule has 0 radical (unpaired) electrons. The highest BCUT2D eigenvalue weighted by atomic mass is 35.5. The Morgan fingerprint density at radius 1 is 1.58 bits per heavy atom. The van der Waals surface area contributed by atoms with Gasteiger partial charge in [0.15, 0.2) is 0 Å². The van der Waals surface area contributed by atoms with E-state index in [1.54, 1.807) is 19.4 Å². The van der Waals surface area contributed by atoms with Crippen molar-refractivity contribution in [3.8, 4) is 0 Å². The summed E-state index contributed by atoms with van der Waals surface area (Å²) in [5.41, 5.74) is 0.432. The topological polar surface area (TPSA) is 70.5 Å². The molecule has 19 heavy (non-hydrogen) atoms. The van der Waals surface area contributed by atoms with Gasteiger partial charge >= 0.3 is 5.97 Å². The van der Waals surface area contributed by atoms with Crippen LogP contribution < -0.4 is 0 Å². The summed E-state index contributed by atoms with van der Waals surface area (Å²) in [7, 11) is 1.61. The molecule has 1 N–H and O–H groups in total. The summed E-state index contributed by atoms with van der Waals surface area (Å²) in [4.78, 5) is 28.5. The normalized spacial score (nSPS) is 15.5. The van der Waals surface area contributed by atoms with Crippen LogP contribution in [0.4, 0.5) is 0 Å². The summed E-state index contributed by atoms with van der Waals surface area (Å²) in [6.45, 7) is 1.78. The number of amides is 1. The summed E-state index contributed by atoms with van der Waals surface area (Å²) in [5.74, 6) is -1.13. The first-order valence-corrected chi connectivity index (χ1v) is 6.80. The molecule has 0 spiro atoms. The van der Waals surface area contributed by atoms with Gasteiger partial charge in [0, 0.05) is 24.9 Å². The van der Waals surface area contributed by atoms with Crippen LogP contribution in [0, 0.1) is 5.92 Å². The first-order chi connectivity index (χ1) is 8.49. The maximum absolute atomic E-state index is 12.0. The maximum Gasteiger partial charge on any atom is 0.308 e. The fourth-order valence-corrected chi connectivity index (χ4v) is 2.64. The smallest absolute Gasteiger partial charge is 0.308 e. The summed E-state index contributed by atoms with van der Waals surface area (Å²) in [6.07, 6.45) is 2.32. The number of aromatic nitrogens is 1. The van der Waals surface area contributed by atoms with Crippen molar-refractivity contribution in [2.24, 2.45) is 5.92 Å². The van der Waals surface area contributed by atoms with E-state index in [9.17, 15) is 9.59 Å². The van der Waals surface area contributed by atoms with Crippen molar-refractivity contribution in [1.29, 1.82) is 0 Å². The Kier molecular flexibility index (Phi) is 5.31. The number of hydrogen-bond donors (Lipinski definition) is 1. The lowest BCUT2D eigenvalue weighted by atomic mass is 10.2. The summed E-state index contributed by atoms with van der Waals surface area (Å²) < 4.78 is 0. The molecular weight excluding hydrogens is 288 g/mol. The van der Waals surface area contributed by atoms with Crippen LogP contribution in [-0.2, 0) is 4.79 Å². The molecule has 0 aromatic carbocycles. The third-order valence-electron chi connectivity index (χ3n) is 2.98. The standard InChI is InChI=1S/C12H16N2O3S.ClH/c1-7(12(16)17)5-14(2)11(15)9-6-18-10(13-9)8-3-4-8;/h6-8H,3-5H2,1-2H3,(H,16,17);1H. The number of rotatable bonds is 5. The monoisotopic (exact) mass is 304 g/mol. The SMILES string of the molecule is CC(CN(C)C(=O)c1csc(C2CC2)n1)C(=O)O.Cl. The molecule has 1 saturated carbocycles. The lowest BCUT2D eigenvalue weighted by Gasteiger charge is -2.18. The van der Waals surface area contributed by atoms with Crippen molar-refractivity contribution in [1.82, 2.24) is 9.88 Å². The highest BCUT2D eigenvalue weighted by Crippen LogP contribution is 2.41. The molecule has 106 valence electrons. The van der Waals surface area contributed by atoms with Crippen LogP contribution in [0.3, 0.4) is 0 Å². The molecule has 2 rings (SSSR count). The molecule has 7 heteroatoms. The van der Waals surface area contributed by atoms with Crippen LogP contribution in [0.2, 0.25) is 0 Å². The highest BCUT2D eigenvalue weighted by Gasteiger charge is 2.28. The second-order valence-corrected chi connectivity index (χ2v) is 5.66. The Bertz CT molecular complexity index is 473. The van der Waals surface area contributed by atoms with Gasteiger partial charge in [-0.3, -0.25) is 9.59 Å². The molecular formula is C12H17ClN2O3S. The van der Waals surface area contributed by atoms with Crippen molar-refractivity contribution in [3.63, 3.8) is 0 Å². The van der Waals surface area contributed by atoms with E-state index >= 15 is 0 Å². The largest absolute Gasteiger partial charge is 0.481 e. The summed E-state index contributed by atoms with van der Waals surface area (Å²) >= 11 is 1.52. The maximum atomic E-state index is 12.0. The number of carboxylic acid groups (broad SMARTS) is 1. The average molecular weight is 305 g/mol. The fraction of sp³-hybridized carbons (Fsp3) is 0.583. The second kappa shape index (κ2) is 6.34. The van der Waals surface area contributed by atoms with Crippen molar-refractivity contribution >= 4 is 35.6 Å². The number of halogens is 1. The van der Waals surface area contributed by atoms with E-state index in [1.807, 2.05) is 0 Å². The van der Waals surface area contributed by atoms with Crippen LogP contribution in [-0.4, -0.2) is 40.5 Å². The Labute approximate surface area is 122 Å². The van der Waals surface area contributed by atoms with E-state index in [4.69, 9.17) is 5.11 Å². The minimum atomic E-state index is -0.897. The molecule has 5 nitrogen and oxygen atoms in total. The lowest BCUT2D eigenvalue weighted by molar-refractivity contribution is -0.141. The Morgan fingerprint density at radius 2 is 2.21 bits per heavy atom. The van der Waals surface area contributed by atoms with Gasteiger partial charge in [-0.2, -0.15) is 0 Å². The molecule has 1 aromatic rings. The molecule has 1 aliphatic rings. The van der Waals surface area contributed by atoms with Crippen LogP contribution in [0.15, 0.2) is 5.38 Å². The minimum absolute atomic E-state index is 0. The van der Waals surface area contributed by atoms with E-state index in [2.05, 4.69) is 4.98 Å². The van der Waals surface area contributed by atoms with Gasteiger partial charge < -0.3 is 10.0 Å². The van der Waals surface area contributed by atoms with Gasteiger partial charge in [0.05, 0.1) is 10.9 Å². The second-order valence-electron chi connectivity index (χ2n) is 4.77. The van der Waals surface area contributed by atoms with Crippen molar-refractivity contribution in [2.75, 3.05) is 13.6 Å². The molecule has 1 aromatic heterocycles.